The zero-order valence-electron chi connectivity index (χ0n) is 18.9. The molecule has 2 fully saturated rings. The fourth-order valence-corrected chi connectivity index (χ4v) is 5.11. The number of hydrogen-bond acceptors (Lipinski definition) is 6. The molecule has 0 aliphatic heterocycles. The van der Waals surface area contributed by atoms with Crippen molar-refractivity contribution >= 4 is 5.91 Å². The number of nitrogens with one attached hydrogen (secondary N) is 1. The maximum Gasteiger partial charge on any atom is 0.223 e. The molecule has 4 rings (SSSR count). The Balaban J connectivity index is 1.32. The summed E-state index contributed by atoms with van der Waals surface area (Å²) in [5, 5.41) is 7.25. The van der Waals surface area contributed by atoms with E-state index < -0.39 is 0 Å². The Hall–Kier alpha value is -2.28. The lowest BCUT2D eigenvalue weighted by atomic mass is 9.79. The molecule has 0 aromatic carbocycles. The average Bonchev–Trinajstić information content (AvgIpc) is 3.23. The van der Waals surface area contributed by atoms with Crippen molar-refractivity contribution in [1.29, 1.82) is 0 Å². The number of amides is 1. The van der Waals surface area contributed by atoms with E-state index in [9.17, 15) is 4.79 Å². The van der Waals surface area contributed by atoms with Gasteiger partial charge in [0.1, 0.15) is 5.82 Å². The van der Waals surface area contributed by atoms with Gasteiger partial charge in [-0.1, -0.05) is 11.6 Å². The molecule has 2 heterocycles. The molecule has 0 unspecified atom stereocenters. The zero-order chi connectivity index (χ0) is 21.8. The number of hydrogen-bond donors (Lipinski definition) is 1. The average molecular weight is 427 g/mol. The lowest BCUT2D eigenvalue weighted by molar-refractivity contribution is -0.127. The SMILES string of the molecule is CO[C@H]1CCC[C@@H](C(=O)NCC2CCC(c3nc(C)ncc3-c3cc(C)no3)CC2)C1. The second-order valence-electron chi connectivity index (χ2n) is 9.23. The molecule has 2 aromatic rings. The van der Waals surface area contributed by atoms with Gasteiger partial charge in [-0.25, -0.2) is 9.97 Å². The molecule has 0 spiro atoms. The maximum atomic E-state index is 12.6. The first kappa shape index (κ1) is 21.9. The van der Waals surface area contributed by atoms with Gasteiger partial charge in [-0.05, 0) is 64.7 Å². The number of nitrogens with zero attached hydrogens (tertiary/aromatic N) is 3. The highest BCUT2D eigenvalue weighted by Crippen LogP contribution is 2.39. The Morgan fingerprint density at radius 2 is 2.00 bits per heavy atom. The normalized spacial score (nSPS) is 26.5. The van der Waals surface area contributed by atoms with E-state index in [1.807, 2.05) is 26.1 Å². The van der Waals surface area contributed by atoms with Gasteiger partial charge in [0.15, 0.2) is 5.76 Å². The van der Waals surface area contributed by atoms with Gasteiger partial charge in [-0.15, -0.1) is 0 Å². The van der Waals surface area contributed by atoms with E-state index in [4.69, 9.17) is 14.2 Å². The van der Waals surface area contributed by atoms with Gasteiger partial charge in [-0.3, -0.25) is 4.79 Å². The van der Waals surface area contributed by atoms with Crippen LogP contribution in [0.25, 0.3) is 11.3 Å². The van der Waals surface area contributed by atoms with Crippen LogP contribution in [-0.2, 0) is 9.53 Å². The molecule has 0 radical (unpaired) electrons. The fraction of sp³-hybridized carbons (Fsp3) is 0.667. The molecule has 1 N–H and O–H groups in total. The van der Waals surface area contributed by atoms with E-state index in [0.29, 0.717) is 11.8 Å². The third-order valence-corrected chi connectivity index (χ3v) is 6.96. The van der Waals surface area contributed by atoms with Gasteiger partial charge in [0.2, 0.25) is 5.91 Å². The van der Waals surface area contributed by atoms with Crippen molar-refractivity contribution in [3.8, 4) is 11.3 Å². The number of methoxy groups -OCH3 is 1. The van der Waals surface area contributed by atoms with Crippen molar-refractivity contribution in [2.24, 2.45) is 11.8 Å². The second-order valence-corrected chi connectivity index (χ2v) is 9.23. The first-order valence-electron chi connectivity index (χ1n) is 11.6. The zero-order valence-corrected chi connectivity index (χ0v) is 18.9. The monoisotopic (exact) mass is 426 g/mol. The van der Waals surface area contributed by atoms with Crippen LogP contribution >= 0.6 is 0 Å². The van der Waals surface area contributed by atoms with Crippen LogP contribution in [0.5, 0.6) is 0 Å². The summed E-state index contributed by atoms with van der Waals surface area (Å²) >= 11 is 0. The summed E-state index contributed by atoms with van der Waals surface area (Å²) in [6.07, 6.45) is 10.4. The van der Waals surface area contributed by atoms with Crippen molar-refractivity contribution in [2.45, 2.75) is 77.2 Å². The molecule has 2 atom stereocenters. The summed E-state index contributed by atoms with van der Waals surface area (Å²) in [4.78, 5) is 21.8. The number of carbonyl (C=O) groups excluding carboxylic acids is 1. The van der Waals surface area contributed by atoms with E-state index in [1.165, 1.54) is 0 Å². The number of rotatable bonds is 6. The highest BCUT2D eigenvalue weighted by molar-refractivity contribution is 5.78. The predicted octanol–water partition coefficient (Wildman–Crippen LogP) is 4.34. The molecular formula is C24H34N4O3. The van der Waals surface area contributed by atoms with Gasteiger partial charge >= 0.3 is 0 Å². The highest BCUT2D eigenvalue weighted by atomic mass is 16.5. The van der Waals surface area contributed by atoms with E-state index in [2.05, 4.69) is 15.5 Å². The molecule has 2 aliphatic rings. The van der Waals surface area contributed by atoms with Crippen molar-refractivity contribution in [2.75, 3.05) is 13.7 Å². The molecule has 2 aromatic heterocycles. The van der Waals surface area contributed by atoms with Crippen LogP contribution in [0, 0.1) is 25.7 Å². The van der Waals surface area contributed by atoms with Crippen molar-refractivity contribution in [1.82, 2.24) is 20.4 Å². The number of aromatic nitrogens is 3. The van der Waals surface area contributed by atoms with Crippen LogP contribution in [0.2, 0.25) is 0 Å². The molecule has 1 amide bonds. The van der Waals surface area contributed by atoms with Gasteiger partial charge < -0.3 is 14.6 Å². The molecule has 31 heavy (non-hydrogen) atoms. The Morgan fingerprint density at radius 1 is 1.19 bits per heavy atom. The molecule has 0 bridgehead atoms. The molecular weight excluding hydrogens is 392 g/mol. The van der Waals surface area contributed by atoms with E-state index in [-0.39, 0.29) is 17.9 Å². The largest absolute Gasteiger partial charge is 0.381 e. The lowest BCUT2D eigenvalue weighted by Gasteiger charge is -2.31. The summed E-state index contributed by atoms with van der Waals surface area (Å²) in [5.41, 5.74) is 2.88. The van der Waals surface area contributed by atoms with Crippen molar-refractivity contribution < 1.29 is 14.1 Å². The quantitative estimate of drug-likeness (QED) is 0.739. The highest BCUT2D eigenvalue weighted by Gasteiger charge is 2.30. The summed E-state index contributed by atoms with van der Waals surface area (Å²) in [6, 6.07) is 1.94. The molecule has 7 heteroatoms. The summed E-state index contributed by atoms with van der Waals surface area (Å²) in [5.74, 6) is 2.75. The van der Waals surface area contributed by atoms with Crippen molar-refractivity contribution in [3.63, 3.8) is 0 Å². The van der Waals surface area contributed by atoms with Crippen LogP contribution in [-0.4, -0.2) is 40.8 Å². The topological polar surface area (TPSA) is 90.1 Å². The Bertz CT molecular complexity index is 889. The minimum atomic E-state index is 0.104. The first-order valence-corrected chi connectivity index (χ1v) is 11.6. The predicted molar refractivity (Wildman–Crippen MR) is 117 cm³/mol. The molecule has 7 nitrogen and oxygen atoms in total. The van der Waals surface area contributed by atoms with Crippen molar-refractivity contribution in [3.05, 3.63) is 29.5 Å². The number of ether oxygens (including phenoxy) is 1. The third-order valence-electron chi connectivity index (χ3n) is 6.96. The second kappa shape index (κ2) is 9.90. The van der Waals surface area contributed by atoms with Crippen LogP contribution in [0.4, 0.5) is 0 Å². The number of aryl methyl sites for hydroxylation is 2. The van der Waals surface area contributed by atoms with Crippen LogP contribution in [0.15, 0.2) is 16.8 Å². The molecule has 168 valence electrons. The van der Waals surface area contributed by atoms with E-state index in [1.54, 1.807) is 7.11 Å². The third kappa shape index (κ3) is 5.32. The number of carbonyl (C=O) groups is 1. The fourth-order valence-electron chi connectivity index (χ4n) is 5.11. The van der Waals surface area contributed by atoms with Crippen LogP contribution in [0.3, 0.4) is 0 Å². The van der Waals surface area contributed by atoms with Crippen LogP contribution in [0.1, 0.15) is 74.5 Å². The summed E-state index contributed by atoms with van der Waals surface area (Å²) in [7, 11) is 1.75. The minimum absolute atomic E-state index is 0.104. The first-order chi connectivity index (χ1) is 15.0. The van der Waals surface area contributed by atoms with E-state index in [0.717, 1.165) is 86.4 Å². The van der Waals surface area contributed by atoms with Gasteiger partial charge in [-0.2, -0.15) is 0 Å². The Morgan fingerprint density at radius 3 is 2.71 bits per heavy atom. The molecule has 0 saturated heterocycles. The van der Waals surface area contributed by atoms with Gasteiger partial charge in [0.05, 0.1) is 23.1 Å². The smallest absolute Gasteiger partial charge is 0.223 e. The summed E-state index contributed by atoms with van der Waals surface area (Å²) in [6.45, 7) is 4.63. The maximum absolute atomic E-state index is 12.6. The summed E-state index contributed by atoms with van der Waals surface area (Å²) < 4.78 is 11.0. The van der Waals surface area contributed by atoms with Crippen LogP contribution < -0.4 is 5.32 Å². The van der Waals surface area contributed by atoms with Gasteiger partial charge in [0.25, 0.3) is 0 Å². The van der Waals surface area contributed by atoms with E-state index >= 15 is 0 Å². The Labute approximate surface area is 184 Å². The minimum Gasteiger partial charge on any atom is -0.381 e. The molecule has 2 saturated carbocycles. The molecule has 2 aliphatic carbocycles. The lowest BCUT2D eigenvalue weighted by Crippen LogP contribution is -2.38. The standard InChI is InChI=1S/C24H34N4O3/c1-15-11-22(31-28-15)21-14-25-16(2)27-23(21)18-9-7-17(8-10-18)13-26-24(29)19-5-4-6-20(12-19)30-3/h11,14,17-20H,4-10,12-13H2,1-3H3,(H,26,29)/t17?,18?,19-,20+/m1/s1. The Kier molecular flexibility index (Phi) is 7.00. The van der Waals surface area contributed by atoms with Gasteiger partial charge in [0, 0.05) is 37.8 Å².